The van der Waals surface area contributed by atoms with Crippen molar-refractivity contribution in [1.82, 2.24) is 4.72 Å². The van der Waals surface area contributed by atoms with Crippen molar-refractivity contribution in [2.24, 2.45) is 5.92 Å². The molecule has 5 heteroatoms. The largest absolute Gasteiger partial charge is 0.274 e. The minimum atomic E-state index is -3.39. The van der Waals surface area contributed by atoms with Crippen molar-refractivity contribution in [1.29, 1.82) is 0 Å². The zero-order valence-corrected chi connectivity index (χ0v) is 11.3. The molecule has 1 amide bonds. The topological polar surface area (TPSA) is 63.2 Å². The van der Waals surface area contributed by atoms with Crippen LogP contribution in [-0.2, 0) is 14.8 Å². The maximum Gasteiger partial charge on any atom is 0.234 e. The average molecular weight is 251 g/mol. The normalized spacial score (nSPS) is 11.8. The molecule has 0 radical (unpaired) electrons. The Hall–Kier alpha value is -0.580. The molecule has 4 nitrogen and oxygen atoms in total. The SMILES string of the molecule is CCC(=O)NS(=O)(=O)CCCCCC(C)C.[HH]. The Balaban J connectivity index is 0. The van der Waals surface area contributed by atoms with Crippen LogP contribution in [0.4, 0.5) is 0 Å². The molecule has 0 rings (SSSR count). The summed E-state index contributed by atoms with van der Waals surface area (Å²) < 4.78 is 24.8. The molecule has 0 aromatic rings. The molecule has 0 saturated heterocycles. The van der Waals surface area contributed by atoms with Crippen molar-refractivity contribution < 1.29 is 14.6 Å². The number of hydrogen-bond donors (Lipinski definition) is 1. The van der Waals surface area contributed by atoms with Gasteiger partial charge in [0.25, 0.3) is 0 Å². The number of carbonyl (C=O) groups is 1. The minimum absolute atomic E-state index is 0. The Morgan fingerprint density at radius 2 is 1.88 bits per heavy atom. The molecule has 98 valence electrons. The molecule has 0 aromatic heterocycles. The number of hydrogen-bond acceptors (Lipinski definition) is 3. The number of nitrogens with one attached hydrogen (secondary N) is 1. The molecule has 0 heterocycles. The summed E-state index contributed by atoms with van der Waals surface area (Å²) in [5.41, 5.74) is 0. The highest BCUT2D eigenvalue weighted by molar-refractivity contribution is 7.90. The van der Waals surface area contributed by atoms with E-state index in [1.165, 1.54) is 0 Å². The van der Waals surface area contributed by atoms with E-state index in [-0.39, 0.29) is 13.6 Å². The number of carbonyl (C=O) groups excluding carboxylic acids is 1. The molecule has 0 aliphatic carbocycles. The standard InChI is InChI=1S/C11H23NO3S.H2/c1-4-11(13)12-16(14,15)9-7-5-6-8-10(2)3;/h10H,4-9H2,1-3H3,(H,12,13);1H. The summed E-state index contributed by atoms with van der Waals surface area (Å²) in [5, 5.41) is 0. The van der Waals surface area contributed by atoms with Gasteiger partial charge in [-0.05, 0) is 12.3 Å². The first-order valence-electron chi connectivity index (χ1n) is 5.90. The monoisotopic (exact) mass is 251 g/mol. The van der Waals surface area contributed by atoms with Gasteiger partial charge in [-0.3, -0.25) is 9.52 Å². The van der Waals surface area contributed by atoms with E-state index >= 15 is 0 Å². The molecule has 0 aromatic carbocycles. The van der Waals surface area contributed by atoms with E-state index in [1.54, 1.807) is 6.92 Å². The molecule has 0 spiro atoms. The van der Waals surface area contributed by atoms with E-state index in [0.29, 0.717) is 12.3 Å². The van der Waals surface area contributed by atoms with Crippen LogP contribution in [0, 0.1) is 5.92 Å². The Bertz CT molecular complexity index is 302. The van der Waals surface area contributed by atoms with Crippen LogP contribution >= 0.6 is 0 Å². The van der Waals surface area contributed by atoms with Crippen LogP contribution in [-0.4, -0.2) is 20.1 Å². The number of amides is 1. The van der Waals surface area contributed by atoms with Gasteiger partial charge in [-0.15, -0.1) is 0 Å². The van der Waals surface area contributed by atoms with Crippen molar-refractivity contribution in [2.75, 3.05) is 5.75 Å². The highest BCUT2D eigenvalue weighted by Crippen LogP contribution is 2.08. The van der Waals surface area contributed by atoms with Gasteiger partial charge >= 0.3 is 0 Å². The van der Waals surface area contributed by atoms with E-state index < -0.39 is 15.9 Å². The van der Waals surface area contributed by atoms with E-state index in [0.717, 1.165) is 19.3 Å². The molecular weight excluding hydrogens is 226 g/mol. The van der Waals surface area contributed by atoms with E-state index in [9.17, 15) is 13.2 Å². The molecule has 0 aliphatic heterocycles. The van der Waals surface area contributed by atoms with Gasteiger partial charge in [-0.25, -0.2) is 8.42 Å². The Kier molecular flexibility index (Phi) is 7.38. The summed E-state index contributed by atoms with van der Waals surface area (Å²) in [6, 6.07) is 0. The summed E-state index contributed by atoms with van der Waals surface area (Å²) in [5.74, 6) is 0.287. The molecule has 16 heavy (non-hydrogen) atoms. The Morgan fingerprint density at radius 1 is 1.25 bits per heavy atom. The summed E-state index contributed by atoms with van der Waals surface area (Å²) in [7, 11) is -3.39. The first-order chi connectivity index (χ1) is 7.37. The summed E-state index contributed by atoms with van der Waals surface area (Å²) in [4.78, 5) is 10.9. The van der Waals surface area contributed by atoms with Crippen molar-refractivity contribution in [3.63, 3.8) is 0 Å². The fourth-order valence-corrected chi connectivity index (χ4v) is 2.50. The lowest BCUT2D eigenvalue weighted by molar-refractivity contribution is -0.119. The van der Waals surface area contributed by atoms with E-state index in [2.05, 4.69) is 13.8 Å². The number of unbranched alkanes of at least 4 members (excludes halogenated alkanes) is 2. The van der Waals surface area contributed by atoms with Crippen molar-refractivity contribution in [3.8, 4) is 0 Å². The first-order valence-corrected chi connectivity index (χ1v) is 7.56. The fraction of sp³-hybridized carbons (Fsp3) is 0.909. The predicted octanol–water partition coefficient (Wildman–Crippen LogP) is 2.30. The quantitative estimate of drug-likeness (QED) is 0.673. The zero-order valence-electron chi connectivity index (χ0n) is 10.5. The Labute approximate surface area is 100 Å². The molecule has 0 fully saturated rings. The van der Waals surface area contributed by atoms with Gasteiger partial charge < -0.3 is 0 Å². The van der Waals surface area contributed by atoms with Gasteiger partial charge in [0.2, 0.25) is 15.9 Å². The fourth-order valence-electron chi connectivity index (χ4n) is 1.32. The summed E-state index contributed by atoms with van der Waals surface area (Å²) in [6.45, 7) is 5.93. The summed E-state index contributed by atoms with van der Waals surface area (Å²) >= 11 is 0. The maximum absolute atomic E-state index is 11.4. The van der Waals surface area contributed by atoms with Crippen LogP contribution in [0.5, 0.6) is 0 Å². The van der Waals surface area contributed by atoms with Gasteiger partial charge in [-0.1, -0.05) is 40.0 Å². The smallest absolute Gasteiger partial charge is 0.234 e. The third-order valence-corrected chi connectivity index (χ3v) is 3.65. The van der Waals surface area contributed by atoms with Gasteiger partial charge in [0.05, 0.1) is 5.75 Å². The lowest BCUT2D eigenvalue weighted by Gasteiger charge is -2.06. The van der Waals surface area contributed by atoms with Crippen LogP contribution < -0.4 is 4.72 Å². The second-order valence-electron chi connectivity index (χ2n) is 4.44. The summed E-state index contributed by atoms with van der Waals surface area (Å²) in [6.07, 6.45) is 3.90. The molecule has 0 atom stereocenters. The highest BCUT2D eigenvalue weighted by Gasteiger charge is 2.12. The van der Waals surface area contributed by atoms with Crippen LogP contribution in [0.25, 0.3) is 0 Å². The van der Waals surface area contributed by atoms with Gasteiger partial charge in [0.15, 0.2) is 0 Å². The van der Waals surface area contributed by atoms with Crippen LogP contribution in [0.1, 0.15) is 54.3 Å². The third-order valence-electron chi connectivity index (χ3n) is 2.28. The van der Waals surface area contributed by atoms with E-state index in [1.807, 2.05) is 4.72 Å². The van der Waals surface area contributed by atoms with Crippen molar-refractivity contribution >= 4 is 15.9 Å². The Morgan fingerprint density at radius 3 is 2.38 bits per heavy atom. The van der Waals surface area contributed by atoms with Gasteiger partial charge in [-0.2, -0.15) is 0 Å². The molecule has 0 saturated carbocycles. The van der Waals surface area contributed by atoms with Crippen LogP contribution in [0.15, 0.2) is 0 Å². The lowest BCUT2D eigenvalue weighted by Crippen LogP contribution is -2.31. The molecular formula is C11H25NO3S. The van der Waals surface area contributed by atoms with Gasteiger partial charge in [0, 0.05) is 7.85 Å². The van der Waals surface area contributed by atoms with Gasteiger partial charge in [0.1, 0.15) is 0 Å². The number of sulfonamides is 1. The highest BCUT2D eigenvalue weighted by atomic mass is 32.2. The van der Waals surface area contributed by atoms with E-state index in [4.69, 9.17) is 0 Å². The maximum atomic E-state index is 11.4. The molecule has 0 bridgehead atoms. The second kappa shape index (κ2) is 7.65. The van der Waals surface area contributed by atoms with Crippen LogP contribution in [0.3, 0.4) is 0 Å². The minimum Gasteiger partial charge on any atom is -0.274 e. The van der Waals surface area contributed by atoms with Crippen molar-refractivity contribution in [3.05, 3.63) is 0 Å². The molecule has 1 N–H and O–H groups in total. The van der Waals surface area contributed by atoms with Crippen molar-refractivity contribution in [2.45, 2.75) is 52.9 Å². The number of rotatable bonds is 8. The molecule has 0 aliphatic rings. The predicted molar refractivity (Wildman–Crippen MR) is 67.6 cm³/mol. The zero-order chi connectivity index (χ0) is 12.6. The lowest BCUT2D eigenvalue weighted by atomic mass is 10.1. The van der Waals surface area contributed by atoms with Crippen LogP contribution in [0.2, 0.25) is 0 Å². The first kappa shape index (κ1) is 15.4. The third kappa shape index (κ3) is 8.71. The second-order valence-corrected chi connectivity index (χ2v) is 6.28. The molecule has 0 unspecified atom stereocenters. The average Bonchev–Trinajstić information content (AvgIpc) is 2.15.